The van der Waals surface area contributed by atoms with Crippen molar-refractivity contribution in [2.45, 2.75) is 39.2 Å². The standard InChI is InChI=1S/C22H27N5O2/c1-15(2)21-23-16(3)13-20(24-21)26-9-11-27(12-10-26)22(28)18-14-19(29-25-18)17-7-5-4-6-8-17/h4-8,13,15,19H,9-12,14H2,1-3H3. The van der Waals surface area contributed by atoms with Crippen molar-refractivity contribution in [3.05, 3.63) is 53.5 Å². The minimum absolute atomic E-state index is 0.0233. The van der Waals surface area contributed by atoms with Gasteiger partial charge in [0.2, 0.25) is 0 Å². The molecular weight excluding hydrogens is 366 g/mol. The predicted octanol–water partition coefficient (Wildman–Crippen LogP) is 3.07. The molecule has 1 aromatic carbocycles. The molecule has 4 rings (SSSR count). The summed E-state index contributed by atoms with van der Waals surface area (Å²) in [5, 5.41) is 4.08. The molecule has 29 heavy (non-hydrogen) atoms. The van der Waals surface area contributed by atoms with Crippen LogP contribution in [0.1, 0.15) is 49.4 Å². The van der Waals surface area contributed by atoms with Crippen molar-refractivity contribution in [2.75, 3.05) is 31.1 Å². The van der Waals surface area contributed by atoms with E-state index in [2.05, 4.69) is 28.9 Å². The van der Waals surface area contributed by atoms with Crippen LogP contribution in [0.3, 0.4) is 0 Å². The zero-order chi connectivity index (χ0) is 20.4. The zero-order valence-electron chi connectivity index (χ0n) is 17.2. The Balaban J connectivity index is 1.36. The summed E-state index contributed by atoms with van der Waals surface area (Å²) in [7, 11) is 0. The smallest absolute Gasteiger partial charge is 0.271 e. The number of carbonyl (C=O) groups is 1. The minimum atomic E-state index is -0.171. The summed E-state index contributed by atoms with van der Waals surface area (Å²) in [4.78, 5) is 31.7. The van der Waals surface area contributed by atoms with Gasteiger partial charge in [-0.15, -0.1) is 0 Å². The summed E-state index contributed by atoms with van der Waals surface area (Å²) in [5.41, 5.74) is 2.53. The molecule has 1 atom stereocenters. The number of hydrogen-bond donors (Lipinski definition) is 0. The number of aryl methyl sites for hydroxylation is 1. The summed E-state index contributed by atoms with van der Waals surface area (Å²) in [6.07, 6.45) is 0.348. The van der Waals surface area contributed by atoms with E-state index in [0.29, 0.717) is 25.2 Å². The third-order valence-electron chi connectivity index (χ3n) is 5.35. The molecule has 0 aliphatic carbocycles. The fourth-order valence-electron chi connectivity index (χ4n) is 3.67. The van der Waals surface area contributed by atoms with Gasteiger partial charge in [-0.25, -0.2) is 9.97 Å². The van der Waals surface area contributed by atoms with Crippen LogP contribution < -0.4 is 4.90 Å². The highest BCUT2D eigenvalue weighted by atomic mass is 16.6. The molecule has 1 unspecified atom stereocenters. The highest BCUT2D eigenvalue weighted by Gasteiger charge is 2.32. The summed E-state index contributed by atoms with van der Waals surface area (Å²) in [6, 6.07) is 11.9. The van der Waals surface area contributed by atoms with Gasteiger partial charge in [0.15, 0.2) is 6.10 Å². The number of hydrogen-bond acceptors (Lipinski definition) is 6. The molecule has 7 nitrogen and oxygen atoms in total. The maximum atomic E-state index is 12.9. The maximum Gasteiger partial charge on any atom is 0.271 e. The average molecular weight is 393 g/mol. The molecular formula is C22H27N5O2. The molecule has 0 saturated carbocycles. The van der Waals surface area contributed by atoms with Gasteiger partial charge in [-0.05, 0) is 12.5 Å². The third kappa shape index (κ3) is 4.23. The Bertz CT molecular complexity index is 905. The second-order valence-corrected chi connectivity index (χ2v) is 7.91. The van der Waals surface area contributed by atoms with Crippen LogP contribution in [0.2, 0.25) is 0 Å². The van der Waals surface area contributed by atoms with Gasteiger partial charge < -0.3 is 14.6 Å². The van der Waals surface area contributed by atoms with Crippen LogP contribution in [-0.4, -0.2) is 52.7 Å². The topological polar surface area (TPSA) is 70.9 Å². The maximum absolute atomic E-state index is 12.9. The Morgan fingerprint density at radius 1 is 1.10 bits per heavy atom. The van der Waals surface area contributed by atoms with Crippen LogP contribution in [0.4, 0.5) is 5.82 Å². The van der Waals surface area contributed by atoms with Gasteiger partial charge in [-0.1, -0.05) is 49.3 Å². The fourth-order valence-corrected chi connectivity index (χ4v) is 3.67. The SMILES string of the molecule is Cc1cc(N2CCN(C(=O)C3=NOC(c4ccccc4)C3)CC2)nc(C(C)C)n1. The quantitative estimate of drug-likeness (QED) is 0.798. The molecule has 3 heterocycles. The van der Waals surface area contributed by atoms with Gasteiger partial charge in [0.1, 0.15) is 17.4 Å². The Hall–Kier alpha value is -2.96. The normalized spacial score (nSPS) is 19.3. The van der Waals surface area contributed by atoms with Crippen molar-refractivity contribution in [1.82, 2.24) is 14.9 Å². The van der Waals surface area contributed by atoms with E-state index in [1.54, 1.807) is 0 Å². The minimum Gasteiger partial charge on any atom is -0.387 e. The Labute approximate surface area is 171 Å². The molecule has 2 aliphatic heterocycles. The molecule has 1 fully saturated rings. The fraction of sp³-hybridized carbons (Fsp3) is 0.455. The van der Waals surface area contributed by atoms with Gasteiger partial charge in [-0.2, -0.15) is 0 Å². The molecule has 0 spiro atoms. The van der Waals surface area contributed by atoms with E-state index in [4.69, 9.17) is 9.82 Å². The van der Waals surface area contributed by atoms with E-state index in [1.807, 2.05) is 48.2 Å². The Kier molecular flexibility index (Phi) is 5.47. The van der Waals surface area contributed by atoms with Crippen molar-refractivity contribution >= 4 is 17.4 Å². The highest BCUT2D eigenvalue weighted by Crippen LogP contribution is 2.28. The predicted molar refractivity (Wildman–Crippen MR) is 112 cm³/mol. The number of carbonyl (C=O) groups excluding carboxylic acids is 1. The van der Waals surface area contributed by atoms with Crippen LogP contribution in [-0.2, 0) is 9.63 Å². The highest BCUT2D eigenvalue weighted by molar-refractivity contribution is 6.39. The number of rotatable bonds is 4. The lowest BCUT2D eigenvalue weighted by Gasteiger charge is -2.35. The van der Waals surface area contributed by atoms with Crippen molar-refractivity contribution < 1.29 is 9.63 Å². The molecule has 7 heteroatoms. The molecule has 2 aromatic rings. The Morgan fingerprint density at radius 2 is 1.83 bits per heavy atom. The molecule has 0 radical (unpaired) electrons. The summed E-state index contributed by atoms with van der Waals surface area (Å²) < 4.78 is 0. The van der Waals surface area contributed by atoms with Crippen molar-refractivity contribution in [3.63, 3.8) is 0 Å². The molecule has 0 bridgehead atoms. The molecule has 0 N–H and O–H groups in total. The first-order valence-corrected chi connectivity index (χ1v) is 10.2. The van der Waals surface area contributed by atoms with E-state index in [9.17, 15) is 4.79 Å². The number of amides is 1. The first-order valence-electron chi connectivity index (χ1n) is 10.2. The zero-order valence-corrected chi connectivity index (χ0v) is 17.2. The van der Waals surface area contributed by atoms with Crippen molar-refractivity contribution in [2.24, 2.45) is 5.16 Å². The number of benzene rings is 1. The first kappa shape index (κ1) is 19.4. The van der Waals surface area contributed by atoms with Crippen LogP contribution in [0.5, 0.6) is 0 Å². The van der Waals surface area contributed by atoms with Crippen molar-refractivity contribution in [3.8, 4) is 0 Å². The van der Waals surface area contributed by atoms with Crippen molar-refractivity contribution in [1.29, 1.82) is 0 Å². The van der Waals surface area contributed by atoms with Gasteiger partial charge in [-0.3, -0.25) is 4.79 Å². The number of oxime groups is 1. The number of piperazine rings is 1. The van der Waals surface area contributed by atoms with Crippen LogP contribution in [0, 0.1) is 6.92 Å². The summed E-state index contributed by atoms with van der Waals surface area (Å²) in [6.45, 7) is 8.98. The lowest BCUT2D eigenvalue weighted by molar-refractivity contribution is -0.124. The van der Waals surface area contributed by atoms with Gasteiger partial charge in [0.05, 0.1) is 0 Å². The van der Waals surface area contributed by atoms with Crippen LogP contribution in [0.25, 0.3) is 0 Å². The monoisotopic (exact) mass is 393 g/mol. The summed E-state index contributed by atoms with van der Waals surface area (Å²) >= 11 is 0. The van der Waals surface area contributed by atoms with E-state index in [-0.39, 0.29) is 17.9 Å². The number of nitrogens with zero attached hydrogens (tertiary/aromatic N) is 5. The first-order chi connectivity index (χ1) is 14.0. The number of anilines is 1. The lowest BCUT2D eigenvalue weighted by Crippen LogP contribution is -2.50. The van der Waals surface area contributed by atoms with E-state index in [1.165, 1.54) is 0 Å². The second-order valence-electron chi connectivity index (χ2n) is 7.91. The molecule has 1 saturated heterocycles. The van der Waals surface area contributed by atoms with Gasteiger partial charge in [0.25, 0.3) is 5.91 Å². The molecule has 152 valence electrons. The average Bonchev–Trinajstić information content (AvgIpc) is 3.24. The third-order valence-corrected chi connectivity index (χ3v) is 5.35. The van der Waals surface area contributed by atoms with Crippen LogP contribution >= 0.6 is 0 Å². The largest absolute Gasteiger partial charge is 0.387 e. The second kappa shape index (κ2) is 8.19. The van der Waals surface area contributed by atoms with E-state index < -0.39 is 0 Å². The molecule has 1 amide bonds. The number of aromatic nitrogens is 2. The van der Waals surface area contributed by atoms with E-state index >= 15 is 0 Å². The van der Waals surface area contributed by atoms with E-state index in [0.717, 1.165) is 36.0 Å². The van der Waals surface area contributed by atoms with Gasteiger partial charge >= 0.3 is 0 Å². The molecule has 1 aromatic heterocycles. The van der Waals surface area contributed by atoms with Gasteiger partial charge in [0, 0.05) is 50.3 Å². The molecule has 2 aliphatic rings. The lowest BCUT2D eigenvalue weighted by atomic mass is 10.0. The Morgan fingerprint density at radius 3 is 2.52 bits per heavy atom. The summed E-state index contributed by atoms with van der Waals surface area (Å²) in [5.74, 6) is 2.07. The van der Waals surface area contributed by atoms with Crippen LogP contribution in [0.15, 0.2) is 41.6 Å².